The van der Waals surface area contributed by atoms with E-state index in [1.807, 2.05) is 24.3 Å². The van der Waals surface area contributed by atoms with Crippen molar-refractivity contribution in [3.05, 3.63) is 34.9 Å². The molecule has 2 unspecified atom stereocenters. The molecule has 4 amide bonds. The molecule has 2 atom stereocenters. The van der Waals surface area contributed by atoms with E-state index in [0.717, 1.165) is 17.0 Å². The first-order chi connectivity index (χ1) is 11.6. The van der Waals surface area contributed by atoms with Gasteiger partial charge >= 0.3 is 6.03 Å². The standard InChI is InChI=1S/C17H20ClN3O3/c18-13-5-2-1-4-11(13)12-10-14(12)20-17(24)19-8-3-9-21-15(22)6-7-16(21)23/h1-2,4-5,12,14H,3,6-10H2,(H2,19,20,24). The van der Waals surface area contributed by atoms with Crippen LogP contribution in [-0.4, -0.2) is 41.9 Å². The second kappa shape index (κ2) is 7.21. The van der Waals surface area contributed by atoms with E-state index in [9.17, 15) is 14.4 Å². The summed E-state index contributed by atoms with van der Waals surface area (Å²) in [5.74, 6) is 0.0271. The normalized spacial score (nSPS) is 22.6. The van der Waals surface area contributed by atoms with E-state index in [4.69, 9.17) is 11.6 Å². The van der Waals surface area contributed by atoms with E-state index in [1.54, 1.807) is 0 Å². The van der Waals surface area contributed by atoms with E-state index >= 15 is 0 Å². The average Bonchev–Trinajstić information content (AvgIpc) is 3.23. The number of hydrogen-bond donors (Lipinski definition) is 2. The van der Waals surface area contributed by atoms with Crippen LogP contribution in [0, 0.1) is 0 Å². The second-order valence-corrected chi connectivity index (χ2v) is 6.57. The van der Waals surface area contributed by atoms with Gasteiger partial charge in [-0.25, -0.2) is 4.79 Å². The van der Waals surface area contributed by atoms with Crippen molar-refractivity contribution in [2.45, 2.75) is 37.6 Å². The van der Waals surface area contributed by atoms with Gasteiger partial charge in [0.1, 0.15) is 0 Å². The molecule has 2 fully saturated rings. The van der Waals surface area contributed by atoms with E-state index in [-0.39, 0.29) is 29.8 Å². The van der Waals surface area contributed by atoms with Gasteiger partial charge in [-0.3, -0.25) is 14.5 Å². The molecule has 0 bridgehead atoms. The van der Waals surface area contributed by atoms with Crippen LogP contribution in [0.5, 0.6) is 0 Å². The molecule has 128 valence electrons. The van der Waals surface area contributed by atoms with Crippen LogP contribution >= 0.6 is 11.6 Å². The Bertz CT molecular complexity index is 648. The molecule has 3 rings (SSSR count). The molecule has 1 saturated carbocycles. The lowest BCUT2D eigenvalue weighted by atomic mass is 10.1. The molecule has 7 heteroatoms. The van der Waals surface area contributed by atoms with Gasteiger partial charge in [-0.05, 0) is 24.5 Å². The predicted molar refractivity (Wildman–Crippen MR) is 89.7 cm³/mol. The largest absolute Gasteiger partial charge is 0.338 e. The monoisotopic (exact) mass is 349 g/mol. The van der Waals surface area contributed by atoms with Crippen LogP contribution in [0.1, 0.15) is 37.2 Å². The lowest BCUT2D eigenvalue weighted by molar-refractivity contribution is -0.138. The summed E-state index contributed by atoms with van der Waals surface area (Å²) in [6, 6.07) is 7.54. The van der Waals surface area contributed by atoms with Gasteiger partial charge in [0.25, 0.3) is 0 Å². The number of hydrogen-bond acceptors (Lipinski definition) is 3. The Labute approximate surface area is 145 Å². The first-order valence-electron chi connectivity index (χ1n) is 8.18. The Balaban J connectivity index is 1.35. The molecule has 2 N–H and O–H groups in total. The highest BCUT2D eigenvalue weighted by atomic mass is 35.5. The molecular weight excluding hydrogens is 330 g/mol. The summed E-state index contributed by atoms with van der Waals surface area (Å²) in [6.45, 7) is 0.788. The van der Waals surface area contributed by atoms with Gasteiger partial charge in [0, 0.05) is 42.9 Å². The van der Waals surface area contributed by atoms with Crippen molar-refractivity contribution in [2.75, 3.05) is 13.1 Å². The lowest BCUT2D eigenvalue weighted by Crippen LogP contribution is -2.39. The third-order valence-corrected chi connectivity index (χ3v) is 4.75. The summed E-state index contributed by atoms with van der Waals surface area (Å²) in [7, 11) is 0. The van der Waals surface area contributed by atoms with Gasteiger partial charge < -0.3 is 10.6 Å². The Morgan fingerprint density at radius 3 is 2.62 bits per heavy atom. The van der Waals surface area contributed by atoms with E-state index in [1.165, 1.54) is 4.90 Å². The fraction of sp³-hybridized carbons (Fsp3) is 0.471. The number of halogens is 1. The number of urea groups is 1. The Morgan fingerprint density at radius 2 is 1.92 bits per heavy atom. The van der Waals surface area contributed by atoms with Gasteiger partial charge in [-0.2, -0.15) is 0 Å². The molecule has 0 spiro atoms. The van der Waals surface area contributed by atoms with E-state index in [0.29, 0.717) is 32.4 Å². The van der Waals surface area contributed by atoms with Crippen LogP contribution in [0.15, 0.2) is 24.3 Å². The van der Waals surface area contributed by atoms with Crippen molar-refractivity contribution in [2.24, 2.45) is 0 Å². The molecule has 1 aromatic carbocycles. The van der Waals surface area contributed by atoms with Crippen LogP contribution in [0.3, 0.4) is 0 Å². The van der Waals surface area contributed by atoms with Crippen LogP contribution < -0.4 is 10.6 Å². The highest BCUT2D eigenvalue weighted by Crippen LogP contribution is 2.43. The first-order valence-corrected chi connectivity index (χ1v) is 8.56. The number of nitrogens with one attached hydrogen (secondary N) is 2. The fourth-order valence-electron chi connectivity index (χ4n) is 3.00. The van der Waals surface area contributed by atoms with Gasteiger partial charge in [0.05, 0.1) is 0 Å². The average molecular weight is 350 g/mol. The first kappa shape index (κ1) is 16.8. The Hall–Kier alpha value is -2.08. The van der Waals surface area contributed by atoms with Crippen molar-refractivity contribution in [3.8, 4) is 0 Å². The van der Waals surface area contributed by atoms with E-state index in [2.05, 4.69) is 10.6 Å². The minimum Gasteiger partial charge on any atom is -0.338 e. The number of imide groups is 1. The predicted octanol–water partition coefficient (Wildman–Crippen LogP) is 2.03. The summed E-state index contributed by atoms with van der Waals surface area (Å²) in [6.07, 6.45) is 2.05. The van der Waals surface area contributed by atoms with Crippen LogP contribution in [-0.2, 0) is 9.59 Å². The summed E-state index contributed by atoms with van der Waals surface area (Å²) in [5, 5.41) is 6.41. The molecule has 2 aliphatic rings. The number of benzene rings is 1. The summed E-state index contributed by atoms with van der Waals surface area (Å²) in [4.78, 5) is 36.1. The smallest absolute Gasteiger partial charge is 0.315 e. The molecule has 0 aromatic heterocycles. The summed E-state index contributed by atoms with van der Waals surface area (Å²) < 4.78 is 0. The minimum absolute atomic E-state index is 0.103. The molecule has 1 heterocycles. The molecule has 6 nitrogen and oxygen atoms in total. The highest BCUT2D eigenvalue weighted by molar-refractivity contribution is 6.31. The van der Waals surface area contributed by atoms with Crippen LogP contribution in [0.2, 0.25) is 5.02 Å². The zero-order valence-corrected chi connectivity index (χ0v) is 14.0. The second-order valence-electron chi connectivity index (χ2n) is 6.16. The lowest BCUT2D eigenvalue weighted by Gasteiger charge is -2.14. The van der Waals surface area contributed by atoms with Gasteiger partial charge in [-0.1, -0.05) is 29.8 Å². The van der Waals surface area contributed by atoms with Crippen LogP contribution in [0.25, 0.3) is 0 Å². The molecule has 1 aliphatic heterocycles. The third-order valence-electron chi connectivity index (χ3n) is 4.41. The Kier molecular flexibility index (Phi) is 5.04. The van der Waals surface area contributed by atoms with Crippen molar-refractivity contribution < 1.29 is 14.4 Å². The third kappa shape index (κ3) is 3.87. The van der Waals surface area contributed by atoms with Crippen molar-refractivity contribution in [1.82, 2.24) is 15.5 Å². The summed E-state index contributed by atoms with van der Waals surface area (Å²) in [5.41, 5.74) is 1.07. The zero-order chi connectivity index (χ0) is 17.1. The highest BCUT2D eigenvalue weighted by Gasteiger charge is 2.40. The topological polar surface area (TPSA) is 78.5 Å². The van der Waals surface area contributed by atoms with Crippen LogP contribution in [0.4, 0.5) is 4.79 Å². The molecule has 1 saturated heterocycles. The molecule has 1 aliphatic carbocycles. The van der Waals surface area contributed by atoms with Crippen molar-refractivity contribution in [3.63, 3.8) is 0 Å². The number of rotatable bonds is 6. The van der Waals surface area contributed by atoms with Gasteiger partial charge in [0.15, 0.2) is 0 Å². The maximum absolute atomic E-state index is 11.9. The zero-order valence-electron chi connectivity index (χ0n) is 13.3. The number of likely N-dealkylation sites (tertiary alicyclic amines) is 1. The fourth-order valence-corrected chi connectivity index (χ4v) is 3.28. The minimum atomic E-state index is -0.228. The molecule has 24 heavy (non-hydrogen) atoms. The number of carbonyl (C=O) groups is 3. The maximum Gasteiger partial charge on any atom is 0.315 e. The maximum atomic E-state index is 11.9. The van der Waals surface area contributed by atoms with Crippen molar-refractivity contribution in [1.29, 1.82) is 0 Å². The van der Waals surface area contributed by atoms with E-state index < -0.39 is 0 Å². The quantitative estimate of drug-likeness (QED) is 0.609. The molecule has 1 aromatic rings. The summed E-state index contributed by atoms with van der Waals surface area (Å²) >= 11 is 6.16. The number of amides is 4. The number of nitrogens with zero attached hydrogens (tertiary/aromatic N) is 1. The SMILES string of the molecule is O=C(NCCCN1C(=O)CCC1=O)NC1CC1c1ccccc1Cl. The van der Waals surface area contributed by atoms with Crippen molar-refractivity contribution >= 4 is 29.4 Å². The molecule has 0 radical (unpaired) electrons. The number of carbonyl (C=O) groups excluding carboxylic acids is 3. The van der Waals surface area contributed by atoms with Gasteiger partial charge in [0.2, 0.25) is 11.8 Å². The van der Waals surface area contributed by atoms with Gasteiger partial charge in [-0.15, -0.1) is 0 Å². The molecular formula is C17H20ClN3O3. The Morgan fingerprint density at radius 1 is 1.21 bits per heavy atom.